The maximum Gasteiger partial charge on any atom is 0.514 e. The number of aryl methyl sites for hydroxylation is 1. The van der Waals surface area contributed by atoms with Gasteiger partial charge >= 0.3 is 6.16 Å². The number of pyridine rings is 1. The first-order chi connectivity index (χ1) is 14.0. The van der Waals surface area contributed by atoms with E-state index in [0.29, 0.717) is 32.3 Å². The molecule has 2 aromatic carbocycles. The van der Waals surface area contributed by atoms with Crippen LogP contribution in [0.5, 0.6) is 5.75 Å². The number of ether oxygens (including phenoxy) is 2. The Morgan fingerprint density at radius 3 is 2.43 bits per heavy atom. The average molecular weight is 450 g/mol. The van der Waals surface area contributed by atoms with Gasteiger partial charge in [-0.25, -0.2) is 14.2 Å². The second-order valence-corrected chi connectivity index (χ2v) is 8.96. The van der Waals surface area contributed by atoms with Gasteiger partial charge in [-0.3, -0.25) is 0 Å². The van der Waals surface area contributed by atoms with Gasteiger partial charge in [0.15, 0.2) is 0 Å². The van der Waals surface area contributed by atoms with Crippen molar-refractivity contribution < 1.29 is 18.7 Å². The van der Waals surface area contributed by atoms with Gasteiger partial charge in [-0.05, 0) is 54.7 Å². The first-order valence-corrected chi connectivity index (χ1v) is 10.1. The molecular formula is C23H22Cl2FNO3. The SMILES string of the molecule is Cc1nc2c(F)cc(C(C)(C)C)cc2c(OC(=O)OCc2ccc(Cl)c(Cl)c2)c1C. The zero-order chi connectivity index (χ0) is 22.2. The van der Waals surface area contributed by atoms with Gasteiger partial charge in [-0.2, -0.15) is 0 Å². The van der Waals surface area contributed by atoms with Crippen LogP contribution in [-0.4, -0.2) is 11.1 Å². The molecule has 0 saturated carbocycles. The third-order valence-corrected chi connectivity index (χ3v) is 5.60. The molecule has 0 N–H and O–H groups in total. The molecule has 1 heterocycles. The molecule has 0 spiro atoms. The number of halogens is 3. The summed E-state index contributed by atoms with van der Waals surface area (Å²) in [5.74, 6) is -0.226. The normalized spacial score (nSPS) is 11.6. The lowest BCUT2D eigenvalue weighted by Crippen LogP contribution is -2.14. The number of aromatic nitrogens is 1. The maximum absolute atomic E-state index is 14.8. The Morgan fingerprint density at radius 1 is 1.10 bits per heavy atom. The Morgan fingerprint density at radius 2 is 1.80 bits per heavy atom. The second kappa shape index (κ2) is 8.40. The van der Waals surface area contributed by atoms with Gasteiger partial charge in [-0.1, -0.05) is 50.0 Å². The lowest BCUT2D eigenvalue weighted by atomic mass is 9.86. The highest BCUT2D eigenvalue weighted by Gasteiger charge is 2.22. The standard InChI is InChI=1S/C23H22Cl2FNO3/c1-12-13(2)27-20-16(9-15(10-19(20)26)23(3,4)5)21(12)30-22(28)29-11-14-6-7-17(24)18(25)8-14/h6-10H,11H2,1-5H3. The van der Waals surface area contributed by atoms with Crippen LogP contribution < -0.4 is 4.74 Å². The van der Waals surface area contributed by atoms with Crippen molar-refractivity contribution in [1.29, 1.82) is 0 Å². The number of carbonyl (C=O) groups excluding carboxylic acids is 1. The van der Waals surface area contributed by atoms with Crippen LogP contribution in [0.25, 0.3) is 10.9 Å². The molecule has 3 rings (SSSR count). The van der Waals surface area contributed by atoms with Crippen molar-refractivity contribution in [2.45, 2.75) is 46.6 Å². The Hall–Kier alpha value is -2.37. The number of rotatable bonds is 3. The number of hydrogen-bond acceptors (Lipinski definition) is 4. The summed E-state index contributed by atoms with van der Waals surface area (Å²) in [6, 6.07) is 8.20. The van der Waals surface area contributed by atoms with E-state index in [1.807, 2.05) is 20.8 Å². The zero-order valence-corrected chi connectivity index (χ0v) is 18.9. The summed E-state index contributed by atoms with van der Waals surface area (Å²) >= 11 is 11.9. The lowest BCUT2D eigenvalue weighted by Gasteiger charge is -2.21. The second-order valence-electron chi connectivity index (χ2n) is 8.14. The Labute approximate surface area is 184 Å². The Balaban J connectivity index is 1.93. The summed E-state index contributed by atoms with van der Waals surface area (Å²) in [6.45, 7) is 9.40. The van der Waals surface area contributed by atoms with Crippen LogP contribution in [0.2, 0.25) is 10.0 Å². The van der Waals surface area contributed by atoms with Crippen LogP contribution in [0.1, 0.15) is 43.2 Å². The van der Waals surface area contributed by atoms with Crippen molar-refractivity contribution in [2.75, 3.05) is 0 Å². The van der Waals surface area contributed by atoms with Gasteiger partial charge in [0, 0.05) is 16.6 Å². The molecule has 3 aromatic rings. The summed E-state index contributed by atoms with van der Waals surface area (Å²) in [7, 11) is 0. The zero-order valence-electron chi connectivity index (χ0n) is 17.4. The van der Waals surface area contributed by atoms with Crippen molar-refractivity contribution in [3.05, 3.63) is 68.6 Å². The minimum absolute atomic E-state index is 0.0433. The highest BCUT2D eigenvalue weighted by Crippen LogP contribution is 2.35. The van der Waals surface area contributed by atoms with Crippen LogP contribution >= 0.6 is 23.2 Å². The van der Waals surface area contributed by atoms with Crippen LogP contribution in [0.3, 0.4) is 0 Å². The third-order valence-electron chi connectivity index (χ3n) is 4.86. The predicted molar refractivity (Wildman–Crippen MR) is 117 cm³/mol. The molecule has 0 saturated heterocycles. The van der Waals surface area contributed by atoms with Gasteiger partial charge in [0.25, 0.3) is 0 Å². The van der Waals surface area contributed by atoms with Gasteiger partial charge < -0.3 is 9.47 Å². The first kappa shape index (κ1) is 22.3. The van der Waals surface area contributed by atoms with Crippen molar-refractivity contribution in [2.24, 2.45) is 0 Å². The van der Waals surface area contributed by atoms with E-state index >= 15 is 0 Å². The molecule has 0 aliphatic carbocycles. The van der Waals surface area contributed by atoms with Gasteiger partial charge in [0.1, 0.15) is 23.7 Å². The molecule has 0 aliphatic heterocycles. The minimum atomic E-state index is -0.905. The van der Waals surface area contributed by atoms with Crippen molar-refractivity contribution in [3.8, 4) is 5.75 Å². The summed E-state index contributed by atoms with van der Waals surface area (Å²) < 4.78 is 25.5. The topological polar surface area (TPSA) is 48.4 Å². The van der Waals surface area contributed by atoms with Gasteiger partial charge in [0.2, 0.25) is 0 Å². The molecule has 1 aromatic heterocycles. The van der Waals surface area contributed by atoms with E-state index in [4.69, 9.17) is 32.7 Å². The quantitative estimate of drug-likeness (QED) is 0.393. The number of nitrogens with zero attached hydrogens (tertiary/aromatic N) is 1. The van der Waals surface area contributed by atoms with Crippen molar-refractivity contribution >= 4 is 40.3 Å². The highest BCUT2D eigenvalue weighted by molar-refractivity contribution is 6.42. The summed E-state index contributed by atoms with van der Waals surface area (Å²) in [6.07, 6.45) is -0.905. The monoisotopic (exact) mass is 449 g/mol. The van der Waals surface area contributed by atoms with E-state index in [0.717, 1.165) is 5.56 Å². The molecule has 0 radical (unpaired) electrons. The molecule has 7 heteroatoms. The number of carbonyl (C=O) groups is 1. The highest BCUT2D eigenvalue weighted by atomic mass is 35.5. The fraction of sp³-hybridized carbons (Fsp3) is 0.304. The van der Waals surface area contributed by atoms with E-state index in [1.165, 1.54) is 6.07 Å². The molecule has 0 fully saturated rings. The molecule has 30 heavy (non-hydrogen) atoms. The fourth-order valence-corrected chi connectivity index (χ4v) is 3.27. The number of benzene rings is 2. The fourth-order valence-electron chi connectivity index (χ4n) is 2.95. The van der Waals surface area contributed by atoms with Crippen LogP contribution in [0.15, 0.2) is 30.3 Å². The minimum Gasteiger partial charge on any atom is -0.429 e. The first-order valence-electron chi connectivity index (χ1n) is 9.37. The molecule has 0 unspecified atom stereocenters. The molecule has 0 bridgehead atoms. The maximum atomic E-state index is 14.8. The van der Waals surface area contributed by atoms with Gasteiger partial charge in [0.05, 0.1) is 10.0 Å². The number of fused-ring (bicyclic) bond motifs is 1. The third kappa shape index (κ3) is 4.68. The molecule has 0 atom stereocenters. The van der Waals surface area contributed by atoms with Gasteiger partial charge in [-0.15, -0.1) is 0 Å². The van der Waals surface area contributed by atoms with E-state index < -0.39 is 12.0 Å². The largest absolute Gasteiger partial charge is 0.514 e. The lowest BCUT2D eigenvalue weighted by molar-refractivity contribution is 0.0930. The number of hydrogen-bond donors (Lipinski definition) is 0. The van der Waals surface area contributed by atoms with Crippen molar-refractivity contribution in [1.82, 2.24) is 4.98 Å². The van der Waals surface area contributed by atoms with Crippen molar-refractivity contribution in [3.63, 3.8) is 0 Å². The molecule has 0 aliphatic rings. The molecule has 4 nitrogen and oxygen atoms in total. The van der Waals surface area contributed by atoms with E-state index in [9.17, 15) is 9.18 Å². The summed E-state index contributed by atoms with van der Waals surface area (Å²) in [5, 5.41) is 1.20. The molecule has 158 valence electrons. The Kier molecular flexibility index (Phi) is 6.25. The van der Waals surface area contributed by atoms with Crippen LogP contribution in [0.4, 0.5) is 9.18 Å². The summed E-state index contributed by atoms with van der Waals surface area (Å²) in [5.41, 5.74) is 2.50. The van der Waals surface area contributed by atoms with E-state index in [-0.39, 0.29) is 23.3 Å². The molecule has 0 amide bonds. The summed E-state index contributed by atoms with van der Waals surface area (Å²) in [4.78, 5) is 16.7. The van der Waals surface area contributed by atoms with Crippen LogP contribution in [-0.2, 0) is 16.8 Å². The Bertz CT molecular complexity index is 1140. The average Bonchev–Trinajstić information content (AvgIpc) is 2.66. The smallest absolute Gasteiger partial charge is 0.429 e. The predicted octanol–water partition coefficient (Wildman–Crippen LogP) is 7.31. The van der Waals surface area contributed by atoms with Crippen LogP contribution in [0, 0.1) is 19.7 Å². The molecular weight excluding hydrogens is 428 g/mol. The van der Waals surface area contributed by atoms with E-state index in [1.54, 1.807) is 38.1 Å². The van der Waals surface area contributed by atoms with E-state index in [2.05, 4.69) is 4.98 Å².